The molecule has 0 spiro atoms. The van der Waals surface area contributed by atoms with E-state index in [-0.39, 0.29) is 11.9 Å². The molecule has 4 nitrogen and oxygen atoms in total. The van der Waals surface area contributed by atoms with Crippen LogP contribution in [0, 0.1) is 11.8 Å². The number of carbonyl (C=O) groups excluding carboxylic acids is 2. The number of methoxy groups -OCH3 is 1. The van der Waals surface area contributed by atoms with Gasteiger partial charge in [0.15, 0.2) is 0 Å². The van der Waals surface area contributed by atoms with E-state index in [0.29, 0.717) is 24.7 Å². The molecule has 1 aliphatic carbocycles. The molecule has 1 aliphatic rings. The van der Waals surface area contributed by atoms with Gasteiger partial charge in [-0.3, -0.25) is 4.79 Å². The average Bonchev–Trinajstić information content (AvgIpc) is 2.98. The van der Waals surface area contributed by atoms with Crippen molar-refractivity contribution in [2.45, 2.75) is 45.6 Å². The van der Waals surface area contributed by atoms with Crippen LogP contribution in [-0.4, -0.2) is 25.0 Å². The van der Waals surface area contributed by atoms with E-state index in [1.807, 2.05) is 13.8 Å². The molecule has 0 aromatic rings. The fraction of sp³-hybridized carbons (Fsp3) is 0.833. The maximum Gasteiger partial charge on any atom is 0.328 e. The summed E-state index contributed by atoms with van der Waals surface area (Å²) in [5.41, 5.74) is 0. The van der Waals surface area contributed by atoms with E-state index in [0.717, 1.165) is 12.8 Å². The Hall–Kier alpha value is -1.06. The van der Waals surface area contributed by atoms with Crippen molar-refractivity contribution < 1.29 is 14.3 Å². The molecule has 1 saturated carbocycles. The number of hydrogen-bond donors (Lipinski definition) is 1. The van der Waals surface area contributed by atoms with E-state index in [4.69, 9.17) is 0 Å². The summed E-state index contributed by atoms with van der Waals surface area (Å²) in [6.07, 6.45) is 3.45. The third kappa shape index (κ3) is 4.64. The summed E-state index contributed by atoms with van der Waals surface area (Å²) in [7, 11) is 1.35. The second kappa shape index (κ2) is 5.87. The Morgan fingerprint density at radius 2 is 2.00 bits per heavy atom. The van der Waals surface area contributed by atoms with Crippen molar-refractivity contribution in [1.29, 1.82) is 0 Å². The van der Waals surface area contributed by atoms with E-state index in [2.05, 4.69) is 10.1 Å². The molecule has 1 fully saturated rings. The first-order valence-corrected chi connectivity index (χ1v) is 5.90. The Morgan fingerprint density at radius 3 is 2.44 bits per heavy atom. The molecule has 16 heavy (non-hydrogen) atoms. The maximum atomic E-state index is 11.6. The van der Waals surface area contributed by atoms with Gasteiger partial charge in [-0.2, -0.15) is 0 Å². The molecule has 0 bridgehead atoms. The minimum Gasteiger partial charge on any atom is -0.467 e. The summed E-state index contributed by atoms with van der Waals surface area (Å²) in [5, 5.41) is 2.76. The van der Waals surface area contributed by atoms with Gasteiger partial charge in [0.25, 0.3) is 0 Å². The number of ether oxygens (including phenoxy) is 1. The lowest BCUT2D eigenvalue weighted by Gasteiger charge is -2.18. The van der Waals surface area contributed by atoms with Gasteiger partial charge in [0.1, 0.15) is 6.04 Å². The predicted octanol–water partition coefficient (Wildman–Crippen LogP) is 1.49. The second-order valence-corrected chi connectivity index (χ2v) is 4.92. The van der Waals surface area contributed by atoms with E-state index >= 15 is 0 Å². The highest BCUT2D eigenvalue weighted by Gasteiger charge is 2.27. The lowest BCUT2D eigenvalue weighted by atomic mass is 10.0. The zero-order valence-corrected chi connectivity index (χ0v) is 10.3. The SMILES string of the molecule is COC(=O)C(CC(C)C)NC(=O)CC1CC1. The van der Waals surface area contributed by atoms with E-state index in [1.54, 1.807) is 0 Å². The Balaban J connectivity index is 2.40. The molecule has 1 rings (SSSR count). The number of carbonyl (C=O) groups is 2. The van der Waals surface area contributed by atoms with Gasteiger partial charge >= 0.3 is 5.97 Å². The van der Waals surface area contributed by atoms with Gasteiger partial charge in [-0.05, 0) is 31.1 Å². The lowest BCUT2D eigenvalue weighted by molar-refractivity contribution is -0.145. The fourth-order valence-electron chi connectivity index (χ4n) is 1.67. The number of amides is 1. The highest BCUT2D eigenvalue weighted by atomic mass is 16.5. The van der Waals surface area contributed by atoms with E-state index in [1.165, 1.54) is 7.11 Å². The van der Waals surface area contributed by atoms with E-state index < -0.39 is 6.04 Å². The smallest absolute Gasteiger partial charge is 0.328 e. The third-order valence-electron chi connectivity index (χ3n) is 2.70. The molecule has 1 amide bonds. The fourth-order valence-corrected chi connectivity index (χ4v) is 1.67. The Kier molecular flexibility index (Phi) is 4.77. The largest absolute Gasteiger partial charge is 0.467 e. The van der Waals surface area contributed by atoms with Gasteiger partial charge in [0, 0.05) is 6.42 Å². The van der Waals surface area contributed by atoms with Crippen LogP contribution < -0.4 is 5.32 Å². The first kappa shape index (κ1) is 13.0. The number of hydrogen-bond acceptors (Lipinski definition) is 3. The Morgan fingerprint density at radius 1 is 1.38 bits per heavy atom. The molecule has 0 radical (unpaired) electrons. The van der Waals surface area contributed by atoms with Gasteiger partial charge in [-0.15, -0.1) is 0 Å². The zero-order chi connectivity index (χ0) is 12.1. The average molecular weight is 227 g/mol. The molecule has 0 aliphatic heterocycles. The minimum atomic E-state index is -0.490. The quantitative estimate of drug-likeness (QED) is 0.699. The zero-order valence-electron chi connectivity index (χ0n) is 10.3. The molecule has 4 heteroatoms. The molecule has 1 atom stereocenters. The van der Waals surface area contributed by atoms with Crippen molar-refractivity contribution in [1.82, 2.24) is 5.32 Å². The molecule has 0 aromatic carbocycles. The van der Waals surface area contributed by atoms with Crippen molar-refractivity contribution in [3.05, 3.63) is 0 Å². The summed E-state index contributed by atoms with van der Waals surface area (Å²) in [6, 6.07) is -0.490. The van der Waals surface area contributed by atoms with Crippen LogP contribution in [0.2, 0.25) is 0 Å². The molecule has 0 saturated heterocycles. The normalized spacial score (nSPS) is 17.0. The summed E-state index contributed by atoms with van der Waals surface area (Å²) in [4.78, 5) is 23.0. The van der Waals surface area contributed by atoms with Crippen molar-refractivity contribution in [2.24, 2.45) is 11.8 Å². The predicted molar refractivity (Wildman–Crippen MR) is 60.7 cm³/mol. The summed E-state index contributed by atoms with van der Waals surface area (Å²) in [6.45, 7) is 4.03. The summed E-state index contributed by atoms with van der Waals surface area (Å²) >= 11 is 0. The van der Waals surface area contributed by atoms with E-state index in [9.17, 15) is 9.59 Å². The first-order chi connectivity index (χ1) is 7.52. The maximum absolute atomic E-state index is 11.6. The van der Waals surface area contributed by atoms with Gasteiger partial charge < -0.3 is 10.1 Å². The van der Waals surface area contributed by atoms with Crippen LogP contribution in [0.15, 0.2) is 0 Å². The van der Waals surface area contributed by atoms with Crippen LogP contribution in [0.3, 0.4) is 0 Å². The van der Waals surface area contributed by atoms with Crippen molar-refractivity contribution >= 4 is 11.9 Å². The minimum absolute atomic E-state index is 0.0291. The van der Waals surface area contributed by atoms with Crippen molar-refractivity contribution in [3.8, 4) is 0 Å². The van der Waals surface area contributed by atoms with Crippen molar-refractivity contribution in [3.63, 3.8) is 0 Å². The molecule has 92 valence electrons. The van der Waals surface area contributed by atoms with Crippen LogP contribution in [0.25, 0.3) is 0 Å². The van der Waals surface area contributed by atoms with Gasteiger partial charge in [0.05, 0.1) is 7.11 Å². The number of nitrogens with one attached hydrogen (secondary N) is 1. The van der Waals surface area contributed by atoms with Gasteiger partial charge in [0.2, 0.25) is 5.91 Å². The van der Waals surface area contributed by atoms with Crippen LogP contribution in [0.1, 0.15) is 39.5 Å². The van der Waals surface area contributed by atoms with Crippen molar-refractivity contribution in [2.75, 3.05) is 7.11 Å². The standard InChI is InChI=1S/C12H21NO3/c1-8(2)6-10(12(15)16-3)13-11(14)7-9-4-5-9/h8-10H,4-7H2,1-3H3,(H,13,14). The van der Waals surface area contributed by atoms with Crippen LogP contribution in [0.5, 0.6) is 0 Å². The molecular weight excluding hydrogens is 206 g/mol. The Labute approximate surface area is 96.7 Å². The Bertz CT molecular complexity index is 259. The van der Waals surface area contributed by atoms with Crippen LogP contribution >= 0.6 is 0 Å². The van der Waals surface area contributed by atoms with Crippen LogP contribution in [-0.2, 0) is 14.3 Å². The van der Waals surface area contributed by atoms with Gasteiger partial charge in [-0.25, -0.2) is 4.79 Å². The molecular formula is C12H21NO3. The summed E-state index contributed by atoms with van der Waals surface area (Å²) < 4.78 is 4.68. The molecule has 1 N–H and O–H groups in total. The number of rotatable bonds is 6. The highest BCUT2D eigenvalue weighted by molar-refractivity contribution is 5.84. The molecule has 0 aromatic heterocycles. The highest BCUT2D eigenvalue weighted by Crippen LogP contribution is 2.32. The monoisotopic (exact) mass is 227 g/mol. The second-order valence-electron chi connectivity index (χ2n) is 4.92. The lowest BCUT2D eigenvalue weighted by Crippen LogP contribution is -2.42. The molecule has 1 unspecified atom stereocenters. The third-order valence-corrected chi connectivity index (χ3v) is 2.70. The van der Waals surface area contributed by atoms with Gasteiger partial charge in [-0.1, -0.05) is 13.8 Å². The first-order valence-electron chi connectivity index (χ1n) is 5.90. The summed E-state index contributed by atoms with van der Waals surface area (Å²) in [5.74, 6) is 0.513. The number of esters is 1. The topological polar surface area (TPSA) is 55.4 Å². The van der Waals surface area contributed by atoms with Crippen LogP contribution in [0.4, 0.5) is 0 Å². The molecule has 0 heterocycles.